The predicted molar refractivity (Wildman–Crippen MR) is 120 cm³/mol. The highest BCUT2D eigenvalue weighted by molar-refractivity contribution is 5.87. The number of alkyl carbamates (subject to hydrolysis) is 1. The molecule has 34 heavy (non-hydrogen) atoms. The molecule has 7 nitrogen and oxygen atoms in total. The Bertz CT molecular complexity index is 1050. The number of likely N-dealkylation sites (tertiary alicyclic amines) is 1. The molecule has 2 aromatic carbocycles. The zero-order valence-electron chi connectivity index (χ0n) is 18.6. The zero-order valence-corrected chi connectivity index (χ0v) is 18.6. The number of benzene rings is 2. The Hall–Kier alpha value is -3.49. The lowest BCUT2D eigenvalue weighted by molar-refractivity contribution is -0.143. The number of amides is 2. The Labute approximate surface area is 195 Å². The molecular formula is C25H26F2N2O5. The normalized spacial score (nSPS) is 20.1. The topological polar surface area (TPSA) is 95.9 Å². The minimum Gasteiger partial charge on any atom is -0.481 e. The van der Waals surface area contributed by atoms with Crippen molar-refractivity contribution in [3.8, 4) is 11.1 Å². The highest BCUT2D eigenvalue weighted by Crippen LogP contribution is 2.44. The number of hydrogen-bond donors (Lipinski definition) is 2. The zero-order chi connectivity index (χ0) is 24.4. The van der Waals surface area contributed by atoms with Gasteiger partial charge in [-0.3, -0.25) is 9.59 Å². The summed E-state index contributed by atoms with van der Waals surface area (Å²) in [6.07, 6.45) is -4.46. The molecule has 2 aliphatic rings. The van der Waals surface area contributed by atoms with E-state index in [-0.39, 0.29) is 25.5 Å². The summed E-state index contributed by atoms with van der Waals surface area (Å²) in [5, 5.41) is 11.6. The highest BCUT2D eigenvalue weighted by atomic mass is 19.3. The van der Waals surface area contributed by atoms with Crippen molar-refractivity contribution in [2.45, 2.75) is 44.2 Å². The summed E-state index contributed by atoms with van der Waals surface area (Å²) >= 11 is 0. The van der Waals surface area contributed by atoms with Crippen LogP contribution in [-0.4, -0.2) is 59.6 Å². The second-order valence-corrected chi connectivity index (χ2v) is 8.65. The van der Waals surface area contributed by atoms with Crippen LogP contribution in [0.5, 0.6) is 0 Å². The van der Waals surface area contributed by atoms with E-state index in [2.05, 4.69) is 5.32 Å². The number of fused-ring (bicyclic) bond motifs is 3. The SMILES string of the molecule is CC1C(C(=O)O)CCN1C(=O)C(CC(F)F)NC(=O)OCC1c2ccccc2-c2ccccc21. The number of nitrogens with one attached hydrogen (secondary N) is 1. The number of nitrogens with zero attached hydrogens (tertiary/aromatic N) is 1. The van der Waals surface area contributed by atoms with Gasteiger partial charge in [-0.05, 0) is 35.6 Å². The molecule has 2 amide bonds. The van der Waals surface area contributed by atoms with Crippen molar-refractivity contribution >= 4 is 18.0 Å². The lowest BCUT2D eigenvalue weighted by atomic mass is 9.98. The van der Waals surface area contributed by atoms with Gasteiger partial charge in [-0.15, -0.1) is 0 Å². The summed E-state index contributed by atoms with van der Waals surface area (Å²) in [5.41, 5.74) is 4.10. The molecular weight excluding hydrogens is 446 g/mol. The lowest BCUT2D eigenvalue weighted by Crippen LogP contribution is -2.51. The second kappa shape index (κ2) is 9.79. The van der Waals surface area contributed by atoms with Crippen molar-refractivity contribution in [1.29, 1.82) is 0 Å². The first-order valence-corrected chi connectivity index (χ1v) is 11.2. The molecule has 0 aromatic heterocycles. The van der Waals surface area contributed by atoms with Crippen LogP contribution in [0.3, 0.4) is 0 Å². The summed E-state index contributed by atoms with van der Waals surface area (Å²) in [5.74, 6) is -2.76. The Kier molecular flexibility index (Phi) is 6.81. The summed E-state index contributed by atoms with van der Waals surface area (Å²) in [4.78, 5) is 38.0. The molecule has 1 saturated heterocycles. The van der Waals surface area contributed by atoms with E-state index in [4.69, 9.17) is 4.74 Å². The molecule has 0 saturated carbocycles. The number of carboxylic acid groups (broad SMARTS) is 1. The van der Waals surface area contributed by atoms with E-state index in [9.17, 15) is 28.3 Å². The monoisotopic (exact) mass is 472 g/mol. The van der Waals surface area contributed by atoms with Gasteiger partial charge in [0.1, 0.15) is 12.6 Å². The quantitative estimate of drug-likeness (QED) is 0.638. The molecule has 2 N–H and O–H groups in total. The van der Waals surface area contributed by atoms with Crippen molar-refractivity contribution in [1.82, 2.24) is 10.2 Å². The lowest BCUT2D eigenvalue weighted by Gasteiger charge is -2.28. The van der Waals surface area contributed by atoms with Gasteiger partial charge in [0.2, 0.25) is 12.3 Å². The maximum atomic E-state index is 13.2. The van der Waals surface area contributed by atoms with Gasteiger partial charge in [-0.1, -0.05) is 48.5 Å². The molecule has 180 valence electrons. The number of carbonyl (C=O) groups excluding carboxylic acids is 2. The first kappa shape index (κ1) is 23.7. The summed E-state index contributed by atoms with van der Waals surface area (Å²) in [6.45, 7) is 1.68. The van der Waals surface area contributed by atoms with E-state index in [0.717, 1.165) is 22.3 Å². The first-order chi connectivity index (χ1) is 16.3. The summed E-state index contributed by atoms with van der Waals surface area (Å²) in [7, 11) is 0. The minimum atomic E-state index is -2.84. The third-order valence-electron chi connectivity index (χ3n) is 6.70. The average molecular weight is 472 g/mol. The molecule has 0 radical (unpaired) electrons. The van der Waals surface area contributed by atoms with Crippen molar-refractivity contribution in [2.24, 2.45) is 5.92 Å². The molecule has 1 aliphatic heterocycles. The second-order valence-electron chi connectivity index (χ2n) is 8.65. The number of hydrogen-bond acceptors (Lipinski definition) is 4. The molecule has 1 aliphatic carbocycles. The molecule has 9 heteroatoms. The maximum absolute atomic E-state index is 13.2. The van der Waals surface area contributed by atoms with E-state index in [1.807, 2.05) is 48.5 Å². The van der Waals surface area contributed by atoms with Crippen LogP contribution in [0, 0.1) is 5.92 Å². The van der Waals surface area contributed by atoms with Crippen LogP contribution in [0.15, 0.2) is 48.5 Å². The number of alkyl halides is 2. The van der Waals surface area contributed by atoms with Crippen LogP contribution < -0.4 is 5.32 Å². The third kappa shape index (κ3) is 4.60. The largest absolute Gasteiger partial charge is 0.481 e. The number of halogens is 2. The molecule has 4 rings (SSSR count). The third-order valence-corrected chi connectivity index (χ3v) is 6.70. The van der Waals surface area contributed by atoms with Crippen LogP contribution >= 0.6 is 0 Å². The number of aliphatic carboxylic acids is 1. The molecule has 2 aromatic rings. The van der Waals surface area contributed by atoms with Crippen molar-refractivity contribution in [2.75, 3.05) is 13.2 Å². The van der Waals surface area contributed by atoms with Crippen LogP contribution in [0.25, 0.3) is 11.1 Å². The molecule has 3 atom stereocenters. The Morgan fingerprint density at radius 3 is 2.21 bits per heavy atom. The van der Waals surface area contributed by atoms with E-state index < -0.39 is 48.8 Å². The summed E-state index contributed by atoms with van der Waals surface area (Å²) < 4.78 is 31.8. The standard InChI is InChI=1S/C25H26F2N2O5/c1-14-15(24(31)32)10-11-29(14)23(30)21(12-22(26)27)28-25(33)34-13-20-18-8-4-2-6-16(18)17-7-3-5-9-19(17)20/h2-9,14-15,20-22H,10-13H2,1H3,(H,28,33)(H,31,32). The molecule has 3 unspecified atom stereocenters. The van der Waals surface area contributed by atoms with E-state index in [0.29, 0.717) is 0 Å². The number of carbonyl (C=O) groups is 3. The van der Waals surface area contributed by atoms with Gasteiger partial charge in [-0.25, -0.2) is 13.6 Å². The van der Waals surface area contributed by atoms with Gasteiger partial charge < -0.3 is 20.1 Å². The Balaban J connectivity index is 1.43. The van der Waals surface area contributed by atoms with Gasteiger partial charge in [0.05, 0.1) is 5.92 Å². The maximum Gasteiger partial charge on any atom is 0.407 e. The van der Waals surface area contributed by atoms with Gasteiger partial charge in [0.15, 0.2) is 0 Å². The van der Waals surface area contributed by atoms with E-state index in [1.54, 1.807) is 6.92 Å². The number of ether oxygens (including phenoxy) is 1. The van der Waals surface area contributed by atoms with Gasteiger partial charge in [0.25, 0.3) is 0 Å². The fraction of sp³-hybridized carbons (Fsp3) is 0.400. The van der Waals surface area contributed by atoms with Crippen LogP contribution in [0.1, 0.15) is 36.8 Å². The molecule has 1 heterocycles. The van der Waals surface area contributed by atoms with E-state index in [1.165, 1.54) is 4.90 Å². The molecule has 1 fully saturated rings. The highest BCUT2D eigenvalue weighted by Gasteiger charge is 2.41. The van der Waals surface area contributed by atoms with Gasteiger partial charge >= 0.3 is 12.1 Å². The fourth-order valence-corrected chi connectivity index (χ4v) is 4.96. The predicted octanol–water partition coefficient (Wildman–Crippen LogP) is 3.87. The Morgan fingerprint density at radius 2 is 1.68 bits per heavy atom. The van der Waals surface area contributed by atoms with Gasteiger partial charge in [0, 0.05) is 24.9 Å². The number of carboxylic acids is 1. The van der Waals surface area contributed by atoms with Gasteiger partial charge in [-0.2, -0.15) is 0 Å². The first-order valence-electron chi connectivity index (χ1n) is 11.2. The Morgan fingerprint density at radius 1 is 1.09 bits per heavy atom. The van der Waals surface area contributed by atoms with Crippen molar-refractivity contribution in [3.05, 3.63) is 59.7 Å². The minimum absolute atomic E-state index is 0.0172. The van der Waals surface area contributed by atoms with Crippen LogP contribution in [-0.2, 0) is 14.3 Å². The number of rotatable bonds is 7. The van der Waals surface area contributed by atoms with Crippen LogP contribution in [0.4, 0.5) is 13.6 Å². The smallest absolute Gasteiger partial charge is 0.407 e. The van der Waals surface area contributed by atoms with Crippen LogP contribution in [0.2, 0.25) is 0 Å². The average Bonchev–Trinajstić information content (AvgIpc) is 3.34. The summed E-state index contributed by atoms with van der Waals surface area (Å²) in [6, 6.07) is 13.4. The van der Waals surface area contributed by atoms with E-state index >= 15 is 0 Å². The van der Waals surface area contributed by atoms with Crippen molar-refractivity contribution in [3.63, 3.8) is 0 Å². The fourth-order valence-electron chi connectivity index (χ4n) is 4.96. The molecule has 0 spiro atoms. The molecule has 0 bridgehead atoms. The van der Waals surface area contributed by atoms with Crippen molar-refractivity contribution < 1.29 is 33.0 Å².